The van der Waals surface area contributed by atoms with Gasteiger partial charge in [-0.15, -0.1) is 0 Å². The van der Waals surface area contributed by atoms with Crippen molar-refractivity contribution in [3.8, 4) is 17.1 Å². The predicted octanol–water partition coefficient (Wildman–Crippen LogP) is 3.51. The van der Waals surface area contributed by atoms with Crippen LogP contribution in [0, 0.1) is 6.92 Å². The number of benzene rings is 2. The molecule has 0 fully saturated rings. The molecule has 0 aliphatic rings. The topological polar surface area (TPSA) is 46.3 Å². The predicted molar refractivity (Wildman–Crippen MR) is 65.8 cm³/mol. The Morgan fingerprint density at radius 1 is 1.12 bits per heavy atom. The summed E-state index contributed by atoms with van der Waals surface area (Å²) in [7, 11) is 0. The van der Waals surface area contributed by atoms with Gasteiger partial charge in [-0.3, -0.25) is 0 Å². The van der Waals surface area contributed by atoms with Crippen LogP contribution < -0.4 is 0 Å². The molecule has 0 aliphatic carbocycles. The lowest BCUT2D eigenvalue weighted by Crippen LogP contribution is -1.80. The van der Waals surface area contributed by atoms with E-state index in [9.17, 15) is 5.11 Å². The van der Waals surface area contributed by atoms with Gasteiger partial charge in [-0.05, 0) is 24.6 Å². The van der Waals surface area contributed by atoms with Crippen molar-refractivity contribution < 1.29 is 9.63 Å². The molecule has 1 aromatic heterocycles. The van der Waals surface area contributed by atoms with Crippen LogP contribution in [0.3, 0.4) is 0 Å². The van der Waals surface area contributed by atoms with Crippen LogP contribution in [0.15, 0.2) is 47.0 Å². The summed E-state index contributed by atoms with van der Waals surface area (Å²) in [5.74, 6) is 0.945. The van der Waals surface area contributed by atoms with Gasteiger partial charge in [-0.2, -0.15) is 0 Å². The van der Waals surface area contributed by atoms with Gasteiger partial charge in [0, 0.05) is 17.0 Å². The molecule has 0 radical (unpaired) electrons. The molecule has 84 valence electrons. The molecular weight excluding hydrogens is 214 g/mol. The SMILES string of the molecule is Cc1ccccc1-c1onc2cc(O)ccc12. The van der Waals surface area contributed by atoms with Crippen LogP contribution >= 0.6 is 0 Å². The normalized spacial score (nSPS) is 10.9. The lowest BCUT2D eigenvalue weighted by atomic mass is 10.0. The molecule has 3 aromatic rings. The number of hydrogen-bond acceptors (Lipinski definition) is 3. The molecular formula is C14H11NO2. The summed E-state index contributed by atoms with van der Waals surface area (Å²) in [4.78, 5) is 0. The van der Waals surface area contributed by atoms with Crippen LogP contribution in [0.2, 0.25) is 0 Å². The van der Waals surface area contributed by atoms with Crippen LogP contribution in [0.1, 0.15) is 5.56 Å². The van der Waals surface area contributed by atoms with E-state index < -0.39 is 0 Å². The standard InChI is InChI=1S/C14H11NO2/c1-9-4-2-3-5-11(9)14-12-7-6-10(16)8-13(12)15-17-14/h2-8,16H,1H3. The number of phenols is 1. The molecule has 1 heterocycles. The Balaban J connectivity index is 2.29. The Morgan fingerprint density at radius 2 is 1.94 bits per heavy atom. The van der Waals surface area contributed by atoms with E-state index in [-0.39, 0.29) is 5.75 Å². The summed E-state index contributed by atoms with van der Waals surface area (Å²) in [5.41, 5.74) is 2.84. The van der Waals surface area contributed by atoms with Crippen molar-refractivity contribution in [3.05, 3.63) is 48.0 Å². The molecule has 0 amide bonds. The molecule has 17 heavy (non-hydrogen) atoms. The Labute approximate surface area is 98.3 Å². The minimum atomic E-state index is 0.196. The van der Waals surface area contributed by atoms with Crippen molar-refractivity contribution in [1.82, 2.24) is 5.16 Å². The fraction of sp³-hybridized carbons (Fsp3) is 0.0714. The third-order valence-electron chi connectivity index (χ3n) is 2.85. The number of aryl methyl sites for hydroxylation is 1. The quantitative estimate of drug-likeness (QED) is 0.689. The first kappa shape index (κ1) is 9.90. The zero-order valence-electron chi connectivity index (χ0n) is 9.34. The van der Waals surface area contributed by atoms with E-state index in [1.807, 2.05) is 37.3 Å². The number of hydrogen-bond donors (Lipinski definition) is 1. The molecule has 0 atom stereocenters. The van der Waals surface area contributed by atoms with E-state index in [1.165, 1.54) is 0 Å². The Hall–Kier alpha value is -2.29. The molecule has 0 spiro atoms. The van der Waals surface area contributed by atoms with E-state index in [0.29, 0.717) is 5.52 Å². The van der Waals surface area contributed by atoms with Gasteiger partial charge in [0.15, 0.2) is 5.76 Å². The Morgan fingerprint density at radius 3 is 2.76 bits per heavy atom. The molecule has 0 unspecified atom stereocenters. The third-order valence-corrected chi connectivity index (χ3v) is 2.85. The minimum Gasteiger partial charge on any atom is -0.508 e. The first-order chi connectivity index (χ1) is 8.25. The Bertz CT molecular complexity index is 686. The zero-order valence-corrected chi connectivity index (χ0v) is 9.34. The van der Waals surface area contributed by atoms with Crippen molar-refractivity contribution in [3.63, 3.8) is 0 Å². The number of aromatic nitrogens is 1. The molecule has 3 nitrogen and oxygen atoms in total. The molecule has 0 saturated heterocycles. The van der Waals surface area contributed by atoms with Crippen molar-refractivity contribution in [2.24, 2.45) is 0 Å². The maximum absolute atomic E-state index is 9.38. The van der Waals surface area contributed by atoms with Gasteiger partial charge >= 0.3 is 0 Å². The molecule has 1 N–H and O–H groups in total. The second-order valence-corrected chi connectivity index (χ2v) is 4.03. The average molecular weight is 225 g/mol. The molecule has 3 heteroatoms. The van der Waals surface area contributed by atoms with Crippen LogP contribution in [-0.2, 0) is 0 Å². The van der Waals surface area contributed by atoms with Crippen molar-refractivity contribution in [2.75, 3.05) is 0 Å². The average Bonchev–Trinajstić information content (AvgIpc) is 2.72. The highest BCUT2D eigenvalue weighted by Gasteiger charge is 2.12. The van der Waals surface area contributed by atoms with Gasteiger partial charge in [0.05, 0.1) is 0 Å². The molecule has 2 aromatic carbocycles. The highest BCUT2D eigenvalue weighted by atomic mass is 16.5. The van der Waals surface area contributed by atoms with E-state index in [1.54, 1.807) is 12.1 Å². The van der Waals surface area contributed by atoms with Gasteiger partial charge in [0.25, 0.3) is 0 Å². The van der Waals surface area contributed by atoms with E-state index in [2.05, 4.69) is 5.16 Å². The largest absolute Gasteiger partial charge is 0.508 e. The van der Waals surface area contributed by atoms with Crippen LogP contribution in [-0.4, -0.2) is 10.3 Å². The van der Waals surface area contributed by atoms with Gasteiger partial charge in [-0.25, -0.2) is 0 Å². The summed E-state index contributed by atoms with van der Waals surface area (Å²) in [6, 6.07) is 13.1. The van der Waals surface area contributed by atoms with Gasteiger partial charge < -0.3 is 9.63 Å². The maximum Gasteiger partial charge on any atom is 0.174 e. The highest BCUT2D eigenvalue weighted by molar-refractivity contribution is 5.92. The minimum absolute atomic E-state index is 0.196. The molecule has 3 rings (SSSR count). The van der Waals surface area contributed by atoms with Crippen molar-refractivity contribution in [2.45, 2.75) is 6.92 Å². The smallest absolute Gasteiger partial charge is 0.174 e. The molecule has 0 saturated carbocycles. The van der Waals surface area contributed by atoms with Gasteiger partial charge in [0.1, 0.15) is 11.3 Å². The van der Waals surface area contributed by atoms with Crippen LogP contribution in [0.25, 0.3) is 22.2 Å². The number of aromatic hydroxyl groups is 1. The first-order valence-electron chi connectivity index (χ1n) is 5.40. The van der Waals surface area contributed by atoms with Crippen molar-refractivity contribution in [1.29, 1.82) is 0 Å². The summed E-state index contributed by atoms with van der Waals surface area (Å²) in [6.45, 7) is 2.03. The van der Waals surface area contributed by atoms with Gasteiger partial charge in [-0.1, -0.05) is 29.4 Å². The number of fused-ring (bicyclic) bond motifs is 1. The van der Waals surface area contributed by atoms with E-state index in [0.717, 1.165) is 22.3 Å². The highest BCUT2D eigenvalue weighted by Crippen LogP contribution is 2.32. The lowest BCUT2D eigenvalue weighted by Gasteiger charge is -2.00. The van der Waals surface area contributed by atoms with Gasteiger partial charge in [0.2, 0.25) is 0 Å². The second-order valence-electron chi connectivity index (χ2n) is 4.03. The Kier molecular flexibility index (Phi) is 2.11. The van der Waals surface area contributed by atoms with Crippen LogP contribution in [0.4, 0.5) is 0 Å². The molecule has 0 bridgehead atoms. The second kappa shape index (κ2) is 3.63. The van der Waals surface area contributed by atoms with Crippen LogP contribution in [0.5, 0.6) is 5.75 Å². The summed E-state index contributed by atoms with van der Waals surface area (Å²) >= 11 is 0. The maximum atomic E-state index is 9.38. The molecule has 0 aliphatic heterocycles. The van der Waals surface area contributed by atoms with Crippen molar-refractivity contribution >= 4 is 10.9 Å². The fourth-order valence-electron chi connectivity index (χ4n) is 1.95. The number of nitrogens with zero attached hydrogens (tertiary/aromatic N) is 1. The lowest BCUT2D eigenvalue weighted by molar-refractivity contribution is 0.439. The third kappa shape index (κ3) is 1.56. The fourth-order valence-corrected chi connectivity index (χ4v) is 1.95. The summed E-state index contributed by atoms with van der Waals surface area (Å²) in [6.07, 6.45) is 0. The monoisotopic (exact) mass is 225 g/mol. The zero-order chi connectivity index (χ0) is 11.8. The number of rotatable bonds is 1. The first-order valence-corrected chi connectivity index (χ1v) is 5.40. The van der Waals surface area contributed by atoms with E-state index >= 15 is 0 Å². The van der Waals surface area contributed by atoms with E-state index in [4.69, 9.17) is 4.52 Å². The summed E-state index contributed by atoms with van der Waals surface area (Å²) in [5, 5.41) is 14.3. The number of phenolic OH excluding ortho intramolecular Hbond substituents is 1. The summed E-state index contributed by atoms with van der Waals surface area (Å²) < 4.78 is 5.38.